The van der Waals surface area contributed by atoms with Gasteiger partial charge in [0.05, 0.1) is 12.5 Å². The van der Waals surface area contributed by atoms with Crippen molar-refractivity contribution < 1.29 is 28.6 Å². The van der Waals surface area contributed by atoms with Crippen molar-refractivity contribution in [3.05, 3.63) is 95.6 Å². The second-order valence-corrected chi connectivity index (χ2v) is 7.63. The van der Waals surface area contributed by atoms with Crippen LogP contribution in [0.4, 0.5) is 0 Å². The number of ether oxygens (including phenoxy) is 3. The summed E-state index contributed by atoms with van der Waals surface area (Å²) in [6, 6.07) is 22.7. The number of fused-ring (bicyclic) bond motifs is 1. The molecule has 3 aromatic carbocycles. The molecule has 0 bridgehead atoms. The lowest BCUT2D eigenvalue weighted by molar-refractivity contribution is -0.149. The third-order valence-electron chi connectivity index (χ3n) is 5.20. The molecule has 1 unspecified atom stereocenters. The van der Waals surface area contributed by atoms with E-state index in [0.717, 1.165) is 11.1 Å². The molecule has 3 aromatic rings. The Morgan fingerprint density at radius 1 is 0.882 bits per heavy atom. The molecule has 0 saturated heterocycles. The molecule has 2 amide bonds. The van der Waals surface area contributed by atoms with Crippen molar-refractivity contribution in [2.75, 3.05) is 13.4 Å². The SMILES string of the molecule is O=C(COC(=O)CC(NC(=O)c1ccccc1)c1ccccc1)NCc1ccc2c(c1)OCO2. The van der Waals surface area contributed by atoms with Gasteiger partial charge in [-0.25, -0.2) is 0 Å². The van der Waals surface area contributed by atoms with Crippen LogP contribution in [-0.2, 0) is 20.9 Å². The summed E-state index contributed by atoms with van der Waals surface area (Å²) in [5, 5.41) is 5.57. The minimum Gasteiger partial charge on any atom is -0.456 e. The third kappa shape index (κ3) is 6.13. The van der Waals surface area contributed by atoms with Gasteiger partial charge in [0.25, 0.3) is 11.8 Å². The maximum atomic E-state index is 12.6. The minimum absolute atomic E-state index is 0.113. The molecular formula is C26H24N2O6. The van der Waals surface area contributed by atoms with E-state index >= 15 is 0 Å². The quantitative estimate of drug-likeness (QED) is 0.476. The van der Waals surface area contributed by atoms with Gasteiger partial charge in [0.2, 0.25) is 6.79 Å². The summed E-state index contributed by atoms with van der Waals surface area (Å²) < 4.78 is 15.7. The van der Waals surface area contributed by atoms with Crippen LogP contribution in [-0.4, -0.2) is 31.2 Å². The molecule has 0 radical (unpaired) electrons. The Bertz CT molecular complexity index is 1150. The van der Waals surface area contributed by atoms with Crippen LogP contribution in [0.3, 0.4) is 0 Å². The van der Waals surface area contributed by atoms with Crippen molar-refractivity contribution in [1.29, 1.82) is 0 Å². The highest BCUT2D eigenvalue weighted by molar-refractivity contribution is 5.94. The zero-order chi connectivity index (χ0) is 23.8. The van der Waals surface area contributed by atoms with Crippen molar-refractivity contribution in [3.8, 4) is 11.5 Å². The fourth-order valence-corrected chi connectivity index (χ4v) is 3.44. The molecule has 34 heavy (non-hydrogen) atoms. The van der Waals surface area contributed by atoms with Crippen molar-refractivity contribution >= 4 is 17.8 Å². The molecule has 0 saturated carbocycles. The molecule has 1 atom stereocenters. The largest absolute Gasteiger partial charge is 0.456 e. The van der Waals surface area contributed by atoms with Crippen molar-refractivity contribution in [2.24, 2.45) is 0 Å². The van der Waals surface area contributed by atoms with Crippen molar-refractivity contribution in [3.63, 3.8) is 0 Å². The average molecular weight is 460 g/mol. The van der Waals surface area contributed by atoms with Gasteiger partial charge < -0.3 is 24.8 Å². The third-order valence-corrected chi connectivity index (χ3v) is 5.20. The number of esters is 1. The van der Waals surface area contributed by atoms with E-state index < -0.39 is 24.5 Å². The van der Waals surface area contributed by atoms with Gasteiger partial charge in [-0.1, -0.05) is 54.6 Å². The summed E-state index contributed by atoms with van der Waals surface area (Å²) in [6.45, 7) is 0.0151. The van der Waals surface area contributed by atoms with Crippen LogP contribution in [0.25, 0.3) is 0 Å². The van der Waals surface area contributed by atoms with Crippen LogP contribution in [0.5, 0.6) is 11.5 Å². The minimum atomic E-state index is -0.599. The first-order valence-electron chi connectivity index (χ1n) is 10.8. The van der Waals surface area contributed by atoms with Gasteiger partial charge in [0, 0.05) is 12.1 Å². The standard InChI is InChI=1S/C26H24N2O6/c29-24(27-15-18-11-12-22-23(13-18)34-17-33-22)16-32-25(30)14-21(19-7-3-1-4-8-19)28-26(31)20-9-5-2-6-10-20/h1-13,21H,14-17H2,(H,27,29)(H,28,31). The van der Waals surface area contributed by atoms with E-state index in [1.54, 1.807) is 36.4 Å². The maximum absolute atomic E-state index is 12.6. The van der Waals surface area contributed by atoms with Gasteiger partial charge in [-0.2, -0.15) is 0 Å². The lowest BCUT2D eigenvalue weighted by Gasteiger charge is -2.19. The Kier molecular flexibility index (Phi) is 7.39. The fourth-order valence-electron chi connectivity index (χ4n) is 3.44. The van der Waals surface area contributed by atoms with E-state index in [1.807, 2.05) is 42.5 Å². The fraction of sp³-hybridized carbons (Fsp3) is 0.192. The Balaban J connectivity index is 1.29. The number of rotatable bonds is 9. The number of nitrogens with one attached hydrogen (secondary N) is 2. The Labute approximate surface area is 196 Å². The highest BCUT2D eigenvalue weighted by Gasteiger charge is 2.21. The molecule has 0 fully saturated rings. The van der Waals surface area contributed by atoms with E-state index in [4.69, 9.17) is 14.2 Å². The van der Waals surface area contributed by atoms with Crippen LogP contribution in [0, 0.1) is 0 Å². The van der Waals surface area contributed by atoms with Crippen LogP contribution in [0.15, 0.2) is 78.9 Å². The number of hydrogen-bond acceptors (Lipinski definition) is 6. The second kappa shape index (κ2) is 11.0. The number of amides is 2. The molecular weight excluding hydrogens is 436 g/mol. The van der Waals surface area contributed by atoms with Crippen LogP contribution >= 0.6 is 0 Å². The molecule has 0 aromatic heterocycles. The van der Waals surface area contributed by atoms with Gasteiger partial charge >= 0.3 is 5.97 Å². The van der Waals surface area contributed by atoms with Gasteiger partial charge in [0.1, 0.15) is 0 Å². The van der Waals surface area contributed by atoms with E-state index in [1.165, 1.54) is 0 Å². The summed E-state index contributed by atoms with van der Waals surface area (Å²) in [4.78, 5) is 37.2. The smallest absolute Gasteiger partial charge is 0.308 e. The number of hydrogen-bond donors (Lipinski definition) is 2. The number of carbonyl (C=O) groups is 3. The molecule has 0 spiro atoms. The predicted molar refractivity (Wildman–Crippen MR) is 123 cm³/mol. The van der Waals surface area contributed by atoms with Crippen molar-refractivity contribution in [2.45, 2.75) is 19.0 Å². The van der Waals surface area contributed by atoms with E-state index in [2.05, 4.69) is 10.6 Å². The van der Waals surface area contributed by atoms with E-state index in [-0.39, 0.29) is 25.7 Å². The molecule has 8 heteroatoms. The maximum Gasteiger partial charge on any atom is 0.308 e. The van der Waals surface area contributed by atoms with Crippen LogP contribution in [0.1, 0.15) is 33.9 Å². The Hall–Kier alpha value is -4.33. The van der Waals surface area contributed by atoms with Crippen LogP contribution in [0.2, 0.25) is 0 Å². The number of benzene rings is 3. The normalized spacial score (nSPS) is 12.5. The van der Waals surface area contributed by atoms with Gasteiger partial charge in [-0.3, -0.25) is 14.4 Å². The predicted octanol–water partition coefficient (Wildman–Crippen LogP) is 3.14. The highest BCUT2D eigenvalue weighted by atomic mass is 16.7. The lowest BCUT2D eigenvalue weighted by atomic mass is 10.0. The molecule has 2 N–H and O–H groups in total. The van der Waals surface area contributed by atoms with Crippen LogP contribution < -0.4 is 20.1 Å². The molecule has 1 aliphatic heterocycles. The molecule has 174 valence electrons. The Morgan fingerprint density at radius 3 is 2.35 bits per heavy atom. The highest BCUT2D eigenvalue weighted by Crippen LogP contribution is 2.32. The second-order valence-electron chi connectivity index (χ2n) is 7.63. The first-order chi connectivity index (χ1) is 16.6. The van der Waals surface area contributed by atoms with Crippen molar-refractivity contribution in [1.82, 2.24) is 10.6 Å². The van der Waals surface area contributed by atoms with Gasteiger partial charge in [0.15, 0.2) is 18.1 Å². The summed E-state index contributed by atoms with van der Waals surface area (Å²) in [6.07, 6.45) is -0.113. The summed E-state index contributed by atoms with van der Waals surface area (Å²) >= 11 is 0. The topological polar surface area (TPSA) is 103 Å². The first kappa shape index (κ1) is 22.8. The zero-order valence-electron chi connectivity index (χ0n) is 18.4. The van der Waals surface area contributed by atoms with Gasteiger partial charge in [-0.05, 0) is 35.4 Å². The summed E-state index contributed by atoms with van der Waals surface area (Å²) in [5.41, 5.74) is 2.08. The average Bonchev–Trinajstić information content (AvgIpc) is 3.35. The summed E-state index contributed by atoms with van der Waals surface area (Å²) in [5.74, 6) is -0.0428. The zero-order valence-corrected chi connectivity index (χ0v) is 18.4. The monoisotopic (exact) mass is 460 g/mol. The number of carbonyl (C=O) groups excluding carboxylic acids is 3. The molecule has 1 heterocycles. The molecule has 4 rings (SSSR count). The molecule has 1 aliphatic rings. The summed E-state index contributed by atoms with van der Waals surface area (Å²) in [7, 11) is 0. The van der Waals surface area contributed by atoms with Gasteiger partial charge in [-0.15, -0.1) is 0 Å². The molecule has 8 nitrogen and oxygen atoms in total. The Morgan fingerprint density at radius 2 is 1.59 bits per heavy atom. The van der Waals surface area contributed by atoms with E-state index in [9.17, 15) is 14.4 Å². The van der Waals surface area contributed by atoms with E-state index in [0.29, 0.717) is 17.1 Å². The molecule has 0 aliphatic carbocycles. The lowest BCUT2D eigenvalue weighted by Crippen LogP contribution is -2.32. The first-order valence-corrected chi connectivity index (χ1v) is 10.8.